The predicted octanol–water partition coefficient (Wildman–Crippen LogP) is 3.55. The van der Waals surface area contributed by atoms with Crippen LogP contribution in [0.15, 0.2) is 53.4 Å². The van der Waals surface area contributed by atoms with Crippen molar-refractivity contribution in [1.29, 1.82) is 0 Å². The van der Waals surface area contributed by atoms with E-state index in [1.165, 1.54) is 11.8 Å². The van der Waals surface area contributed by atoms with Gasteiger partial charge in [0.25, 0.3) is 0 Å². The molecule has 26 heavy (non-hydrogen) atoms. The van der Waals surface area contributed by atoms with E-state index in [2.05, 4.69) is 55.7 Å². The molecule has 0 amide bonds. The van der Waals surface area contributed by atoms with Crippen LogP contribution in [0, 0.1) is 0 Å². The highest BCUT2D eigenvalue weighted by atomic mass is 32.2. The summed E-state index contributed by atoms with van der Waals surface area (Å²) in [5.41, 5.74) is 3.46. The molecule has 4 nitrogen and oxygen atoms in total. The van der Waals surface area contributed by atoms with E-state index in [1.54, 1.807) is 18.2 Å². The predicted molar refractivity (Wildman–Crippen MR) is 111 cm³/mol. The molecule has 6 heteroatoms. The van der Waals surface area contributed by atoms with Gasteiger partial charge >= 0.3 is 0 Å². The summed E-state index contributed by atoms with van der Waals surface area (Å²) in [4.78, 5) is 0.314. The number of rotatable bonds is 5. The van der Waals surface area contributed by atoms with Crippen LogP contribution in [-0.4, -0.2) is 19.8 Å². The van der Waals surface area contributed by atoms with Crippen LogP contribution >= 0.6 is 12.2 Å². The van der Waals surface area contributed by atoms with Crippen molar-refractivity contribution in [2.24, 2.45) is 0 Å². The van der Waals surface area contributed by atoms with Crippen LogP contribution in [0.4, 0.5) is 0 Å². The molecule has 2 aromatic rings. The van der Waals surface area contributed by atoms with Gasteiger partial charge in [0.15, 0.2) is 14.9 Å². The van der Waals surface area contributed by atoms with Gasteiger partial charge in [-0.1, -0.05) is 57.2 Å². The fourth-order valence-corrected chi connectivity index (χ4v) is 3.27. The van der Waals surface area contributed by atoms with E-state index in [0.717, 1.165) is 11.1 Å². The molecule has 0 fully saturated rings. The third-order valence-corrected chi connectivity index (χ3v) is 5.45. The molecule has 2 N–H and O–H groups in total. The average molecular weight is 391 g/mol. The molecule has 0 atom stereocenters. The molecule has 0 aromatic heterocycles. The van der Waals surface area contributed by atoms with Crippen molar-refractivity contribution in [3.05, 3.63) is 65.2 Å². The van der Waals surface area contributed by atoms with Gasteiger partial charge in [0, 0.05) is 19.3 Å². The summed E-state index contributed by atoms with van der Waals surface area (Å²) in [6.45, 7) is 7.69. The van der Waals surface area contributed by atoms with Gasteiger partial charge in [0.1, 0.15) is 0 Å². The molecule has 0 bridgehead atoms. The summed E-state index contributed by atoms with van der Waals surface area (Å²) in [7, 11) is -3.20. The normalized spacial score (nSPS) is 11.8. The van der Waals surface area contributed by atoms with Crippen molar-refractivity contribution in [2.45, 2.75) is 44.2 Å². The molecule has 0 aliphatic carbocycles. The average Bonchev–Trinajstić information content (AvgIpc) is 2.57. The largest absolute Gasteiger partial charge is 0.359 e. The number of benzene rings is 2. The topological polar surface area (TPSA) is 58.2 Å². The lowest BCUT2D eigenvalue weighted by atomic mass is 9.87. The molecule has 2 aromatic carbocycles. The van der Waals surface area contributed by atoms with Gasteiger partial charge in [-0.15, -0.1) is 0 Å². The van der Waals surface area contributed by atoms with Crippen molar-refractivity contribution < 1.29 is 8.42 Å². The van der Waals surface area contributed by atoms with E-state index >= 15 is 0 Å². The maximum Gasteiger partial charge on any atom is 0.175 e. The van der Waals surface area contributed by atoms with E-state index in [-0.39, 0.29) is 5.41 Å². The highest BCUT2D eigenvalue weighted by Crippen LogP contribution is 2.22. The zero-order valence-electron chi connectivity index (χ0n) is 15.7. The molecule has 0 aliphatic heterocycles. The van der Waals surface area contributed by atoms with Gasteiger partial charge in [0.05, 0.1) is 4.90 Å². The second-order valence-electron chi connectivity index (χ2n) is 7.40. The minimum atomic E-state index is -3.20. The summed E-state index contributed by atoms with van der Waals surface area (Å²) in [5.74, 6) is 0. The number of hydrogen-bond donors (Lipinski definition) is 2. The Hall–Kier alpha value is -1.92. The van der Waals surface area contributed by atoms with Gasteiger partial charge in [-0.3, -0.25) is 0 Å². The van der Waals surface area contributed by atoms with Gasteiger partial charge in [0.2, 0.25) is 0 Å². The van der Waals surface area contributed by atoms with Crippen molar-refractivity contribution in [1.82, 2.24) is 10.6 Å². The Bertz CT molecular complexity index is 867. The summed E-state index contributed by atoms with van der Waals surface area (Å²) in [6.07, 6.45) is 1.21. The Balaban J connectivity index is 1.86. The van der Waals surface area contributed by atoms with E-state index < -0.39 is 9.84 Å². The van der Waals surface area contributed by atoms with Crippen LogP contribution in [0.1, 0.15) is 37.5 Å². The lowest BCUT2D eigenvalue weighted by Gasteiger charge is -2.19. The highest BCUT2D eigenvalue weighted by molar-refractivity contribution is 7.90. The second kappa shape index (κ2) is 8.18. The molecule has 0 saturated heterocycles. The van der Waals surface area contributed by atoms with Gasteiger partial charge < -0.3 is 10.6 Å². The molecule has 0 radical (unpaired) electrons. The van der Waals surface area contributed by atoms with Gasteiger partial charge in [-0.2, -0.15) is 0 Å². The molecule has 140 valence electrons. The summed E-state index contributed by atoms with van der Waals surface area (Å²) >= 11 is 5.30. The Morgan fingerprint density at radius 2 is 1.54 bits per heavy atom. The number of sulfone groups is 1. The smallest absolute Gasteiger partial charge is 0.175 e. The Morgan fingerprint density at radius 3 is 2.08 bits per heavy atom. The Kier molecular flexibility index (Phi) is 6.42. The van der Waals surface area contributed by atoms with Crippen molar-refractivity contribution in [3.63, 3.8) is 0 Å². The summed E-state index contributed by atoms with van der Waals surface area (Å²) in [6, 6.07) is 15.4. The fourth-order valence-electron chi connectivity index (χ4n) is 2.44. The quantitative estimate of drug-likeness (QED) is 0.765. The zero-order chi connectivity index (χ0) is 19.4. The molecule has 0 saturated carbocycles. The molecule has 0 aliphatic rings. The standard InChI is InChI=1S/C20H26N2O2S2/c1-20(2,3)17-10-8-15(9-11-17)13-21-19(25)22-14-16-6-5-7-18(12-16)26(4,23)24/h5-12H,13-14H2,1-4H3,(H2,21,22,25). The summed E-state index contributed by atoms with van der Waals surface area (Å²) in [5, 5.41) is 6.82. The van der Waals surface area contributed by atoms with Gasteiger partial charge in [-0.25, -0.2) is 8.42 Å². The maximum absolute atomic E-state index is 11.6. The van der Waals surface area contributed by atoms with Crippen LogP contribution in [-0.2, 0) is 28.3 Å². The lowest BCUT2D eigenvalue weighted by molar-refractivity contribution is 0.590. The zero-order valence-corrected chi connectivity index (χ0v) is 17.3. The molecular formula is C20H26N2O2S2. The molecular weight excluding hydrogens is 364 g/mol. The monoisotopic (exact) mass is 390 g/mol. The minimum absolute atomic E-state index is 0.142. The number of thiocarbonyl (C=S) groups is 1. The van der Waals surface area contributed by atoms with Crippen LogP contribution in [0.2, 0.25) is 0 Å². The Morgan fingerprint density at radius 1 is 0.962 bits per heavy atom. The van der Waals surface area contributed by atoms with Crippen molar-refractivity contribution in [2.75, 3.05) is 6.26 Å². The van der Waals surface area contributed by atoms with E-state index in [4.69, 9.17) is 12.2 Å². The number of nitrogens with one attached hydrogen (secondary N) is 2. The fraction of sp³-hybridized carbons (Fsp3) is 0.350. The third-order valence-electron chi connectivity index (χ3n) is 4.05. The molecule has 0 heterocycles. The van der Waals surface area contributed by atoms with Crippen molar-refractivity contribution >= 4 is 27.2 Å². The first-order valence-electron chi connectivity index (χ1n) is 8.46. The Labute approximate surface area is 161 Å². The molecule has 0 unspecified atom stereocenters. The highest BCUT2D eigenvalue weighted by Gasteiger charge is 2.12. The molecule has 0 spiro atoms. The van der Waals surface area contributed by atoms with Crippen LogP contribution in [0.25, 0.3) is 0 Å². The van der Waals surface area contributed by atoms with E-state index in [0.29, 0.717) is 23.1 Å². The van der Waals surface area contributed by atoms with Gasteiger partial charge in [-0.05, 0) is 46.5 Å². The maximum atomic E-state index is 11.6. The van der Waals surface area contributed by atoms with Crippen LogP contribution in [0.3, 0.4) is 0 Å². The van der Waals surface area contributed by atoms with E-state index in [1.807, 2.05) is 6.07 Å². The second-order valence-corrected chi connectivity index (χ2v) is 9.83. The third kappa shape index (κ3) is 6.11. The summed E-state index contributed by atoms with van der Waals surface area (Å²) < 4.78 is 23.2. The van der Waals surface area contributed by atoms with Crippen molar-refractivity contribution in [3.8, 4) is 0 Å². The minimum Gasteiger partial charge on any atom is -0.359 e. The number of hydrogen-bond acceptors (Lipinski definition) is 3. The van der Waals surface area contributed by atoms with E-state index in [9.17, 15) is 8.42 Å². The molecule has 2 rings (SSSR count). The first-order valence-corrected chi connectivity index (χ1v) is 10.8. The van der Waals surface area contributed by atoms with Crippen LogP contribution in [0.5, 0.6) is 0 Å². The lowest BCUT2D eigenvalue weighted by Crippen LogP contribution is -2.34. The first kappa shape index (κ1) is 20.4. The first-order chi connectivity index (χ1) is 12.1. The van der Waals surface area contributed by atoms with Crippen LogP contribution < -0.4 is 10.6 Å². The SMILES string of the molecule is CC(C)(C)c1ccc(CNC(=S)NCc2cccc(S(C)(=O)=O)c2)cc1.